The summed E-state index contributed by atoms with van der Waals surface area (Å²) in [7, 11) is 0. The van der Waals surface area contributed by atoms with Crippen LogP contribution in [-0.2, 0) is 9.53 Å². The van der Waals surface area contributed by atoms with Gasteiger partial charge in [0.15, 0.2) is 11.6 Å². The zero-order valence-corrected chi connectivity index (χ0v) is 17.3. The van der Waals surface area contributed by atoms with Crippen molar-refractivity contribution in [3.63, 3.8) is 0 Å². The number of nitrogens with one attached hydrogen (secondary N) is 1. The van der Waals surface area contributed by atoms with E-state index in [4.69, 9.17) is 9.47 Å². The van der Waals surface area contributed by atoms with Gasteiger partial charge in [0.25, 0.3) is 0 Å². The molecule has 1 N–H and O–H groups in total. The first kappa shape index (κ1) is 21.5. The zero-order chi connectivity index (χ0) is 22.8. The van der Waals surface area contributed by atoms with Gasteiger partial charge in [0.2, 0.25) is 5.91 Å². The summed E-state index contributed by atoms with van der Waals surface area (Å²) in [4.78, 5) is 50.7. The SMILES string of the molecule is CC(=O)NCC1CN(c2ccc3c(c2)OCCC(C(=O)c2ccc(F)cc2)C3=O)C(=O)O1. The van der Waals surface area contributed by atoms with Crippen molar-refractivity contribution in [1.29, 1.82) is 0 Å². The predicted molar refractivity (Wildman–Crippen MR) is 111 cm³/mol. The number of hydrogen-bond acceptors (Lipinski definition) is 6. The molecule has 2 aliphatic heterocycles. The van der Waals surface area contributed by atoms with Crippen LogP contribution in [-0.4, -0.2) is 49.4 Å². The first-order valence-corrected chi connectivity index (χ1v) is 10.2. The maximum Gasteiger partial charge on any atom is 0.414 e. The summed E-state index contributed by atoms with van der Waals surface area (Å²) in [6, 6.07) is 9.76. The smallest absolute Gasteiger partial charge is 0.414 e. The van der Waals surface area contributed by atoms with Crippen molar-refractivity contribution < 1.29 is 33.0 Å². The average molecular weight is 440 g/mol. The minimum Gasteiger partial charge on any atom is -0.493 e. The number of rotatable bonds is 5. The Balaban J connectivity index is 1.53. The quantitative estimate of drug-likeness (QED) is 0.567. The normalized spacial score (nSPS) is 20.1. The molecule has 2 heterocycles. The highest BCUT2D eigenvalue weighted by atomic mass is 19.1. The van der Waals surface area contributed by atoms with Crippen molar-refractivity contribution in [2.75, 3.05) is 24.6 Å². The van der Waals surface area contributed by atoms with Gasteiger partial charge in [-0.25, -0.2) is 9.18 Å². The Morgan fingerprint density at radius 2 is 1.91 bits per heavy atom. The molecule has 0 aliphatic carbocycles. The van der Waals surface area contributed by atoms with E-state index in [2.05, 4.69) is 5.32 Å². The standard InChI is InChI=1S/C23H21FN2O6/c1-13(27)25-11-17-12-26(23(30)32-17)16-6-7-18-20(10-16)31-9-8-19(22(18)29)21(28)14-2-4-15(24)5-3-14/h2-7,10,17,19H,8-9,11-12H2,1H3,(H,25,27). The Morgan fingerprint density at radius 3 is 2.62 bits per heavy atom. The fourth-order valence-electron chi connectivity index (χ4n) is 3.77. The molecule has 0 spiro atoms. The molecule has 1 fully saturated rings. The lowest BCUT2D eigenvalue weighted by atomic mass is 9.88. The number of carbonyl (C=O) groups excluding carboxylic acids is 4. The second-order valence-corrected chi connectivity index (χ2v) is 7.66. The molecule has 166 valence electrons. The van der Waals surface area contributed by atoms with Crippen LogP contribution in [0.4, 0.5) is 14.9 Å². The number of ether oxygens (including phenoxy) is 2. The van der Waals surface area contributed by atoms with Gasteiger partial charge in [-0.05, 0) is 42.8 Å². The molecular formula is C23H21FN2O6. The second-order valence-electron chi connectivity index (χ2n) is 7.66. The number of halogens is 1. The lowest BCUT2D eigenvalue weighted by molar-refractivity contribution is -0.119. The number of cyclic esters (lactones) is 1. The van der Waals surface area contributed by atoms with E-state index in [0.29, 0.717) is 5.69 Å². The van der Waals surface area contributed by atoms with E-state index in [1.807, 2.05) is 0 Å². The van der Waals surface area contributed by atoms with Gasteiger partial charge < -0.3 is 14.8 Å². The number of ketones is 2. The topological polar surface area (TPSA) is 102 Å². The molecule has 2 aromatic carbocycles. The van der Waals surface area contributed by atoms with E-state index < -0.39 is 23.9 Å². The number of fused-ring (bicyclic) bond motifs is 1. The van der Waals surface area contributed by atoms with Gasteiger partial charge >= 0.3 is 6.09 Å². The van der Waals surface area contributed by atoms with E-state index in [9.17, 15) is 23.6 Å². The molecule has 2 amide bonds. The fraction of sp³-hybridized carbons (Fsp3) is 0.304. The summed E-state index contributed by atoms with van der Waals surface area (Å²) < 4.78 is 24.2. The van der Waals surface area contributed by atoms with E-state index in [1.54, 1.807) is 12.1 Å². The first-order chi connectivity index (χ1) is 15.3. The van der Waals surface area contributed by atoms with Crippen molar-refractivity contribution >= 4 is 29.3 Å². The zero-order valence-electron chi connectivity index (χ0n) is 17.3. The van der Waals surface area contributed by atoms with Gasteiger partial charge in [-0.15, -0.1) is 0 Å². The molecule has 2 unspecified atom stereocenters. The highest BCUT2D eigenvalue weighted by molar-refractivity contribution is 6.17. The lowest BCUT2D eigenvalue weighted by Gasteiger charge is -2.16. The van der Waals surface area contributed by atoms with E-state index in [0.717, 1.165) is 0 Å². The minimum absolute atomic E-state index is 0.134. The van der Waals surface area contributed by atoms with Crippen molar-refractivity contribution in [3.8, 4) is 5.75 Å². The Labute approximate surface area is 183 Å². The molecule has 32 heavy (non-hydrogen) atoms. The van der Waals surface area contributed by atoms with Crippen LogP contribution in [0.2, 0.25) is 0 Å². The second kappa shape index (κ2) is 8.78. The lowest BCUT2D eigenvalue weighted by Crippen LogP contribution is -2.33. The molecule has 2 atom stereocenters. The number of anilines is 1. The summed E-state index contributed by atoms with van der Waals surface area (Å²) in [5, 5.41) is 2.61. The monoisotopic (exact) mass is 440 g/mol. The van der Waals surface area contributed by atoms with Crippen LogP contribution in [0.3, 0.4) is 0 Å². The largest absolute Gasteiger partial charge is 0.493 e. The van der Waals surface area contributed by atoms with Crippen molar-refractivity contribution in [2.24, 2.45) is 5.92 Å². The summed E-state index contributed by atoms with van der Waals surface area (Å²) in [6.07, 6.45) is -0.876. The fourth-order valence-corrected chi connectivity index (χ4v) is 3.77. The Morgan fingerprint density at radius 1 is 1.16 bits per heavy atom. The van der Waals surface area contributed by atoms with Crippen LogP contribution in [0, 0.1) is 11.7 Å². The number of hydrogen-bond donors (Lipinski definition) is 1. The van der Waals surface area contributed by atoms with Gasteiger partial charge in [-0.1, -0.05) is 0 Å². The van der Waals surface area contributed by atoms with Crippen LogP contribution in [0.5, 0.6) is 5.75 Å². The third-order valence-corrected chi connectivity index (χ3v) is 5.42. The molecule has 0 saturated carbocycles. The maximum atomic E-state index is 13.2. The van der Waals surface area contributed by atoms with E-state index in [1.165, 1.54) is 42.2 Å². The van der Waals surface area contributed by atoms with Gasteiger partial charge in [-0.3, -0.25) is 19.3 Å². The number of amides is 2. The molecule has 2 aromatic rings. The molecule has 0 radical (unpaired) electrons. The van der Waals surface area contributed by atoms with E-state index in [-0.39, 0.29) is 60.5 Å². The molecule has 9 heteroatoms. The van der Waals surface area contributed by atoms with Crippen LogP contribution in [0.15, 0.2) is 42.5 Å². The summed E-state index contributed by atoms with van der Waals surface area (Å²) in [5.41, 5.74) is 0.985. The predicted octanol–water partition coefficient (Wildman–Crippen LogP) is 2.75. The van der Waals surface area contributed by atoms with Crippen molar-refractivity contribution in [1.82, 2.24) is 5.32 Å². The van der Waals surface area contributed by atoms with E-state index >= 15 is 0 Å². The van der Waals surface area contributed by atoms with Crippen molar-refractivity contribution in [2.45, 2.75) is 19.4 Å². The van der Waals surface area contributed by atoms with Crippen LogP contribution in [0.1, 0.15) is 34.1 Å². The number of nitrogens with zero attached hydrogens (tertiary/aromatic N) is 1. The number of Topliss-reactive ketones (excluding diaryl/α,β-unsaturated/α-hetero) is 2. The van der Waals surface area contributed by atoms with Gasteiger partial charge in [0, 0.05) is 18.6 Å². The molecule has 0 bridgehead atoms. The minimum atomic E-state index is -0.939. The van der Waals surface area contributed by atoms with Crippen molar-refractivity contribution in [3.05, 3.63) is 59.4 Å². The molecule has 2 aliphatic rings. The van der Waals surface area contributed by atoms with Crippen LogP contribution >= 0.6 is 0 Å². The van der Waals surface area contributed by atoms with Crippen LogP contribution < -0.4 is 15.0 Å². The average Bonchev–Trinajstić information content (AvgIpc) is 3.06. The maximum absolute atomic E-state index is 13.2. The Kier molecular flexibility index (Phi) is 5.89. The molecular weight excluding hydrogens is 419 g/mol. The van der Waals surface area contributed by atoms with Gasteiger partial charge in [0.05, 0.1) is 36.9 Å². The Bertz CT molecular complexity index is 1080. The summed E-state index contributed by atoms with van der Waals surface area (Å²) >= 11 is 0. The number of carbonyl (C=O) groups is 4. The van der Waals surface area contributed by atoms with Crippen LogP contribution in [0.25, 0.3) is 0 Å². The van der Waals surface area contributed by atoms with Gasteiger partial charge in [0.1, 0.15) is 17.7 Å². The number of benzene rings is 2. The summed E-state index contributed by atoms with van der Waals surface area (Å²) in [6.45, 7) is 1.95. The third kappa shape index (κ3) is 4.32. The third-order valence-electron chi connectivity index (χ3n) is 5.42. The Hall–Kier alpha value is -3.75. The molecule has 8 nitrogen and oxygen atoms in total. The highest BCUT2D eigenvalue weighted by Crippen LogP contribution is 2.33. The van der Waals surface area contributed by atoms with Gasteiger partial charge in [-0.2, -0.15) is 0 Å². The molecule has 0 aromatic heterocycles. The molecule has 1 saturated heterocycles. The highest BCUT2D eigenvalue weighted by Gasteiger charge is 2.35. The summed E-state index contributed by atoms with van der Waals surface area (Å²) in [5.74, 6) is -2.12. The first-order valence-electron chi connectivity index (χ1n) is 10.2. The molecule has 4 rings (SSSR count).